The molecular formula is C24H28N2O. The molecule has 0 atom stereocenters. The maximum atomic E-state index is 12.9. The number of pyridine rings is 1. The van der Waals surface area contributed by atoms with Gasteiger partial charge in [0, 0.05) is 28.6 Å². The smallest absolute Gasteiger partial charge is 0.255 e. The van der Waals surface area contributed by atoms with E-state index in [1.54, 1.807) is 0 Å². The largest absolute Gasteiger partial charge is 0.322 e. The van der Waals surface area contributed by atoms with E-state index in [1.807, 2.05) is 31.3 Å². The Labute approximate surface area is 161 Å². The maximum absolute atomic E-state index is 12.9. The predicted octanol–water partition coefficient (Wildman–Crippen LogP) is 5.42. The van der Waals surface area contributed by atoms with E-state index in [1.165, 1.54) is 44.1 Å². The fraction of sp³-hybridized carbons (Fsp3) is 0.500. The van der Waals surface area contributed by atoms with E-state index in [2.05, 4.69) is 24.4 Å². The van der Waals surface area contributed by atoms with Crippen LogP contribution < -0.4 is 5.32 Å². The Kier molecular flexibility index (Phi) is 3.89. The number of nitrogens with zero attached hydrogens (tertiary/aromatic N) is 1. The Morgan fingerprint density at radius 1 is 1.00 bits per heavy atom. The molecule has 0 unspecified atom stereocenters. The number of nitrogens with one attached hydrogen (secondary N) is 1. The van der Waals surface area contributed by atoms with Crippen LogP contribution in [0.2, 0.25) is 0 Å². The summed E-state index contributed by atoms with van der Waals surface area (Å²) in [6, 6.07) is 10.1. The second-order valence-electron chi connectivity index (χ2n) is 9.40. The van der Waals surface area contributed by atoms with Gasteiger partial charge in [-0.15, -0.1) is 0 Å². The summed E-state index contributed by atoms with van der Waals surface area (Å²) in [5.74, 6) is 2.61. The molecular weight excluding hydrogens is 332 g/mol. The molecule has 1 aromatic carbocycles. The summed E-state index contributed by atoms with van der Waals surface area (Å²) in [5.41, 5.74) is 5.31. The molecule has 6 rings (SSSR count). The molecule has 1 N–H and O–H groups in total. The van der Waals surface area contributed by atoms with Crippen LogP contribution in [0.4, 0.5) is 5.69 Å². The third-order valence-corrected chi connectivity index (χ3v) is 7.23. The molecule has 0 aliphatic heterocycles. The van der Waals surface area contributed by atoms with E-state index >= 15 is 0 Å². The number of carbonyl (C=O) groups is 1. The summed E-state index contributed by atoms with van der Waals surface area (Å²) < 4.78 is 0. The van der Waals surface area contributed by atoms with Gasteiger partial charge in [0.1, 0.15) is 0 Å². The van der Waals surface area contributed by atoms with Crippen molar-refractivity contribution in [3.8, 4) is 0 Å². The number of aryl methyl sites for hydroxylation is 2. The Bertz CT molecular complexity index is 866. The van der Waals surface area contributed by atoms with Crippen LogP contribution in [-0.4, -0.2) is 10.9 Å². The first-order chi connectivity index (χ1) is 13.0. The quantitative estimate of drug-likeness (QED) is 0.794. The molecule has 3 nitrogen and oxygen atoms in total. The topological polar surface area (TPSA) is 42.0 Å². The molecule has 0 saturated heterocycles. The number of hydrogen-bond donors (Lipinski definition) is 1. The number of hydrogen-bond acceptors (Lipinski definition) is 2. The monoisotopic (exact) mass is 360 g/mol. The second kappa shape index (κ2) is 6.19. The third kappa shape index (κ3) is 2.97. The molecule has 1 aromatic heterocycles. The number of carbonyl (C=O) groups excluding carboxylic acids is 1. The first-order valence-corrected chi connectivity index (χ1v) is 10.4. The molecule has 27 heavy (non-hydrogen) atoms. The normalized spacial score (nSPS) is 31.1. The number of amides is 1. The standard InChI is InChI=1S/C24H28N2O/c1-15-3-4-21(16(2)7-15)26-23(27)20-5-6-25-22(11-20)24-12-17-8-18(13-24)10-19(9-17)14-24/h3-7,11,17-19H,8-10,12-14H2,1-2H3,(H,26,27). The van der Waals surface area contributed by atoms with Crippen molar-refractivity contribution in [2.24, 2.45) is 17.8 Å². The summed E-state index contributed by atoms with van der Waals surface area (Å²) in [6.45, 7) is 4.11. The van der Waals surface area contributed by atoms with E-state index < -0.39 is 0 Å². The minimum atomic E-state index is -0.0321. The van der Waals surface area contributed by atoms with Crippen molar-refractivity contribution >= 4 is 11.6 Å². The summed E-state index contributed by atoms with van der Waals surface area (Å²) in [5, 5.41) is 3.09. The third-order valence-electron chi connectivity index (χ3n) is 7.23. The number of rotatable bonds is 3. The van der Waals surface area contributed by atoms with Gasteiger partial charge in [-0.05, 0) is 93.9 Å². The molecule has 3 heteroatoms. The Balaban J connectivity index is 1.41. The van der Waals surface area contributed by atoms with Gasteiger partial charge < -0.3 is 5.32 Å². The molecule has 0 spiro atoms. The van der Waals surface area contributed by atoms with Crippen molar-refractivity contribution < 1.29 is 4.79 Å². The van der Waals surface area contributed by atoms with Crippen LogP contribution in [0.25, 0.3) is 0 Å². The maximum Gasteiger partial charge on any atom is 0.255 e. The highest BCUT2D eigenvalue weighted by atomic mass is 16.1. The first-order valence-electron chi connectivity index (χ1n) is 10.4. The molecule has 4 aliphatic rings. The summed E-state index contributed by atoms with van der Waals surface area (Å²) >= 11 is 0. The van der Waals surface area contributed by atoms with E-state index in [4.69, 9.17) is 4.98 Å². The van der Waals surface area contributed by atoms with E-state index in [-0.39, 0.29) is 11.3 Å². The average Bonchev–Trinajstić information content (AvgIpc) is 2.63. The van der Waals surface area contributed by atoms with Gasteiger partial charge in [0.2, 0.25) is 0 Å². The Morgan fingerprint density at radius 2 is 1.67 bits per heavy atom. The second-order valence-corrected chi connectivity index (χ2v) is 9.40. The minimum Gasteiger partial charge on any atom is -0.322 e. The van der Waals surface area contributed by atoms with Crippen LogP contribution in [0.3, 0.4) is 0 Å². The van der Waals surface area contributed by atoms with Crippen LogP contribution in [0.15, 0.2) is 36.5 Å². The van der Waals surface area contributed by atoms with E-state index in [0.717, 1.165) is 40.3 Å². The van der Waals surface area contributed by atoms with E-state index in [9.17, 15) is 4.79 Å². The molecule has 2 aromatic rings. The SMILES string of the molecule is Cc1ccc(NC(=O)c2ccnc(C34CC5CC(CC(C5)C3)C4)c2)c(C)c1. The lowest BCUT2D eigenvalue weighted by molar-refractivity contribution is -0.00721. The van der Waals surface area contributed by atoms with Crippen LogP contribution in [0.1, 0.15) is 65.7 Å². The highest BCUT2D eigenvalue weighted by Gasteiger charge is 2.52. The van der Waals surface area contributed by atoms with Crippen LogP contribution in [-0.2, 0) is 5.41 Å². The molecule has 140 valence electrons. The summed E-state index contributed by atoms with van der Waals surface area (Å²) in [7, 11) is 0. The zero-order valence-corrected chi connectivity index (χ0v) is 16.3. The molecule has 4 fully saturated rings. The van der Waals surface area contributed by atoms with Crippen LogP contribution in [0, 0.1) is 31.6 Å². The number of anilines is 1. The van der Waals surface area contributed by atoms with Crippen molar-refractivity contribution in [2.45, 2.75) is 57.8 Å². The minimum absolute atomic E-state index is 0.0321. The fourth-order valence-electron chi connectivity index (χ4n) is 6.43. The summed E-state index contributed by atoms with van der Waals surface area (Å²) in [4.78, 5) is 17.7. The number of benzene rings is 1. The molecule has 4 saturated carbocycles. The molecule has 0 radical (unpaired) electrons. The van der Waals surface area contributed by atoms with Crippen molar-refractivity contribution in [1.29, 1.82) is 0 Å². The summed E-state index contributed by atoms with van der Waals surface area (Å²) in [6.07, 6.45) is 9.92. The van der Waals surface area contributed by atoms with Gasteiger partial charge in [-0.1, -0.05) is 17.7 Å². The van der Waals surface area contributed by atoms with Gasteiger partial charge in [-0.3, -0.25) is 9.78 Å². The zero-order chi connectivity index (χ0) is 18.6. The van der Waals surface area contributed by atoms with Crippen LogP contribution >= 0.6 is 0 Å². The number of aromatic nitrogens is 1. The van der Waals surface area contributed by atoms with Crippen molar-refractivity contribution in [1.82, 2.24) is 4.98 Å². The lowest BCUT2D eigenvalue weighted by atomic mass is 9.48. The zero-order valence-electron chi connectivity index (χ0n) is 16.3. The predicted molar refractivity (Wildman–Crippen MR) is 108 cm³/mol. The lowest BCUT2D eigenvalue weighted by Crippen LogP contribution is -2.49. The first kappa shape index (κ1) is 17.0. The molecule has 4 aliphatic carbocycles. The molecule has 1 heterocycles. The van der Waals surface area contributed by atoms with Crippen LogP contribution in [0.5, 0.6) is 0 Å². The van der Waals surface area contributed by atoms with Crippen molar-refractivity contribution in [2.75, 3.05) is 5.32 Å². The fourth-order valence-corrected chi connectivity index (χ4v) is 6.43. The Hall–Kier alpha value is -2.16. The molecule has 1 amide bonds. The van der Waals surface area contributed by atoms with E-state index in [0.29, 0.717) is 0 Å². The highest BCUT2D eigenvalue weighted by Crippen LogP contribution is 2.60. The molecule has 4 bridgehead atoms. The highest BCUT2D eigenvalue weighted by molar-refractivity contribution is 6.04. The van der Waals surface area contributed by atoms with Gasteiger partial charge in [0.25, 0.3) is 5.91 Å². The van der Waals surface area contributed by atoms with Crippen molar-refractivity contribution in [3.63, 3.8) is 0 Å². The van der Waals surface area contributed by atoms with Gasteiger partial charge in [0.05, 0.1) is 0 Å². The van der Waals surface area contributed by atoms with Gasteiger partial charge in [-0.25, -0.2) is 0 Å². The van der Waals surface area contributed by atoms with Crippen molar-refractivity contribution in [3.05, 3.63) is 58.9 Å². The van der Waals surface area contributed by atoms with Gasteiger partial charge in [-0.2, -0.15) is 0 Å². The van der Waals surface area contributed by atoms with Gasteiger partial charge >= 0.3 is 0 Å². The average molecular weight is 361 g/mol. The van der Waals surface area contributed by atoms with Gasteiger partial charge in [0.15, 0.2) is 0 Å². The Morgan fingerprint density at radius 3 is 2.30 bits per heavy atom. The lowest BCUT2D eigenvalue weighted by Gasteiger charge is -2.56.